The minimum Gasteiger partial charge on any atom is -0.354 e. The second-order valence-corrected chi connectivity index (χ2v) is 5.91. The van der Waals surface area contributed by atoms with Gasteiger partial charge in [0.15, 0.2) is 5.03 Å². The molecule has 2 rings (SSSR count). The minimum absolute atomic E-state index is 0.133. The Labute approximate surface area is 133 Å². The zero-order valence-corrected chi connectivity index (χ0v) is 13.5. The van der Waals surface area contributed by atoms with E-state index in [1.807, 2.05) is 13.0 Å². The van der Waals surface area contributed by atoms with E-state index >= 15 is 0 Å². The first-order chi connectivity index (χ1) is 10.1. The van der Waals surface area contributed by atoms with Crippen molar-refractivity contribution in [2.24, 2.45) is 0 Å². The molecule has 0 saturated carbocycles. The average molecular weight is 370 g/mol. The molecule has 110 valence electrons. The van der Waals surface area contributed by atoms with Gasteiger partial charge in [0.05, 0.1) is 4.92 Å². The average Bonchev–Trinajstić information content (AvgIpc) is 2.47. The molecule has 0 aliphatic carbocycles. The predicted octanol–water partition coefficient (Wildman–Crippen LogP) is 3.52. The van der Waals surface area contributed by atoms with Crippen molar-refractivity contribution in [3.8, 4) is 0 Å². The predicted molar refractivity (Wildman–Crippen MR) is 83.5 cm³/mol. The van der Waals surface area contributed by atoms with Crippen molar-refractivity contribution in [3.05, 3.63) is 39.1 Å². The van der Waals surface area contributed by atoms with Gasteiger partial charge in [0, 0.05) is 17.2 Å². The van der Waals surface area contributed by atoms with Crippen molar-refractivity contribution >= 4 is 39.3 Å². The van der Waals surface area contributed by atoms with Crippen LogP contribution in [0.25, 0.3) is 0 Å². The van der Waals surface area contributed by atoms with E-state index in [9.17, 15) is 10.1 Å². The summed E-state index contributed by atoms with van der Waals surface area (Å²) < 4.78 is 0.842. The fraction of sp³-hybridized carbons (Fsp3) is 0.250. The van der Waals surface area contributed by atoms with E-state index < -0.39 is 4.92 Å². The van der Waals surface area contributed by atoms with Crippen LogP contribution in [-0.4, -0.2) is 26.4 Å². The van der Waals surface area contributed by atoms with E-state index in [-0.39, 0.29) is 10.7 Å². The van der Waals surface area contributed by atoms with Gasteiger partial charge < -0.3 is 5.32 Å². The Kier molecular flexibility index (Phi) is 5.45. The van der Waals surface area contributed by atoms with E-state index in [0.29, 0.717) is 17.5 Å². The monoisotopic (exact) mass is 369 g/mol. The van der Waals surface area contributed by atoms with Crippen LogP contribution >= 0.6 is 27.7 Å². The molecule has 0 fully saturated rings. The van der Waals surface area contributed by atoms with Gasteiger partial charge >= 0.3 is 5.69 Å². The van der Waals surface area contributed by atoms with Crippen LogP contribution in [0.1, 0.15) is 13.3 Å². The molecule has 0 aromatic carbocycles. The Bertz CT molecular complexity index is 638. The zero-order valence-electron chi connectivity index (χ0n) is 11.1. The van der Waals surface area contributed by atoms with Crippen LogP contribution in [-0.2, 0) is 0 Å². The van der Waals surface area contributed by atoms with Crippen molar-refractivity contribution < 1.29 is 4.92 Å². The molecule has 0 radical (unpaired) electrons. The normalized spacial score (nSPS) is 10.4. The summed E-state index contributed by atoms with van der Waals surface area (Å²) in [5, 5.41) is 15.0. The van der Waals surface area contributed by atoms with Gasteiger partial charge in [-0.3, -0.25) is 10.1 Å². The molecular formula is C12H12BrN5O2S. The topological polar surface area (TPSA) is 93.8 Å². The largest absolute Gasteiger partial charge is 0.354 e. The van der Waals surface area contributed by atoms with E-state index in [0.717, 1.165) is 22.7 Å². The number of pyridine rings is 1. The van der Waals surface area contributed by atoms with Crippen molar-refractivity contribution in [2.45, 2.75) is 23.4 Å². The lowest BCUT2D eigenvalue weighted by atomic mass is 10.5. The minimum atomic E-state index is -0.495. The van der Waals surface area contributed by atoms with Crippen LogP contribution in [0, 0.1) is 10.1 Å². The Morgan fingerprint density at radius 1 is 1.38 bits per heavy atom. The van der Waals surface area contributed by atoms with E-state index in [1.165, 1.54) is 6.20 Å². The smallest absolute Gasteiger partial charge is 0.320 e. The third-order valence-electron chi connectivity index (χ3n) is 2.37. The van der Waals surface area contributed by atoms with Crippen LogP contribution in [0.15, 0.2) is 39.1 Å². The number of halogens is 1. The van der Waals surface area contributed by atoms with Crippen LogP contribution in [0.3, 0.4) is 0 Å². The van der Waals surface area contributed by atoms with Crippen molar-refractivity contribution in [3.63, 3.8) is 0 Å². The Balaban J connectivity index is 2.29. The van der Waals surface area contributed by atoms with Gasteiger partial charge in [0.25, 0.3) is 0 Å². The molecule has 0 amide bonds. The molecule has 9 heteroatoms. The Morgan fingerprint density at radius 2 is 2.19 bits per heavy atom. The number of nitrogens with zero attached hydrogens (tertiary/aromatic N) is 4. The standard InChI is InChI=1S/C12H12BrN5O2S/c1-2-5-14-12-16-7-9(18(19)20)11(17-12)21-10-4-3-8(13)6-15-10/h3-4,6-7H,2,5H2,1H3,(H,14,16,17). The molecule has 0 spiro atoms. The molecule has 1 N–H and O–H groups in total. The second-order valence-electron chi connectivity index (χ2n) is 3.98. The zero-order chi connectivity index (χ0) is 15.2. The first-order valence-corrected chi connectivity index (χ1v) is 7.75. The lowest BCUT2D eigenvalue weighted by molar-refractivity contribution is -0.388. The molecule has 2 aromatic rings. The first-order valence-electron chi connectivity index (χ1n) is 6.15. The highest BCUT2D eigenvalue weighted by molar-refractivity contribution is 9.10. The van der Waals surface area contributed by atoms with Crippen molar-refractivity contribution in [1.29, 1.82) is 0 Å². The van der Waals surface area contributed by atoms with E-state index in [4.69, 9.17) is 0 Å². The molecule has 0 saturated heterocycles. The van der Waals surface area contributed by atoms with Gasteiger partial charge in [0.1, 0.15) is 11.2 Å². The Hall–Kier alpha value is -1.74. The number of rotatable bonds is 6. The molecule has 0 bridgehead atoms. The summed E-state index contributed by atoms with van der Waals surface area (Å²) in [6.07, 6.45) is 3.76. The number of nitrogens with one attached hydrogen (secondary N) is 1. The molecule has 21 heavy (non-hydrogen) atoms. The van der Waals surface area contributed by atoms with Crippen LogP contribution < -0.4 is 5.32 Å². The molecule has 0 atom stereocenters. The summed E-state index contributed by atoms with van der Waals surface area (Å²) in [5.41, 5.74) is -0.133. The summed E-state index contributed by atoms with van der Waals surface area (Å²) in [6, 6.07) is 3.58. The number of anilines is 1. The molecule has 0 aliphatic heterocycles. The number of aromatic nitrogens is 3. The number of hydrogen-bond donors (Lipinski definition) is 1. The number of hydrogen-bond acceptors (Lipinski definition) is 7. The van der Waals surface area contributed by atoms with Gasteiger partial charge in [-0.2, -0.15) is 4.98 Å². The highest BCUT2D eigenvalue weighted by Gasteiger charge is 2.19. The molecule has 2 heterocycles. The second kappa shape index (κ2) is 7.32. The fourth-order valence-corrected chi connectivity index (χ4v) is 2.44. The van der Waals surface area contributed by atoms with Crippen molar-refractivity contribution in [2.75, 3.05) is 11.9 Å². The molecule has 2 aromatic heterocycles. The third kappa shape index (κ3) is 4.36. The summed E-state index contributed by atoms with van der Waals surface area (Å²) in [4.78, 5) is 22.9. The fourth-order valence-electron chi connectivity index (χ4n) is 1.40. The lowest BCUT2D eigenvalue weighted by Gasteiger charge is -2.05. The quantitative estimate of drug-likeness (QED) is 0.472. The summed E-state index contributed by atoms with van der Waals surface area (Å²) in [7, 11) is 0. The van der Waals surface area contributed by atoms with Gasteiger partial charge in [-0.1, -0.05) is 6.92 Å². The molecular weight excluding hydrogens is 358 g/mol. The number of nitro groups is 1. The Morgan fingerprint density at radius 3 is 2.81 bits per heavy atom. The SMILES string of the molecule is CCCNc1ncc([N+](=O)[O-])c(Sc2ccc(Br)cn2)n1. The van der Waals surface area contributed by atoms with E-state index in [1.54, 1.807) is 12.3 Å². The molecule has 0 aliphatic rings. The summed E-state index contributed by atoms with van der Waals surface area (Å²) in [6.45, 7) is 2.72. The maximum atomic E-state index is 11.1. The van der Waals surface area contributed by atoms with Crippen LogP contribution in [0.2, 0.25) is 0 Å². The van der Waals surface area contributed by atoms with Gasteiger partial charge in [-0.05, 0) is 46.2 Å². The maximum Gasteiger partial charge on any atom is 0.320 e. The van der Waals surface area contributed by atoms with E-state index in [2.05, 4.69) is 36.2 Å². The van der Waals surface area contributed by atoms with Gasteiger partial charge in [-0.25, -0.2) is 9.97 Å². The van der Waals surface area contributed by atoms with Crippen molar-refractivity contribution in [1.82, 2.24) is 15.0 Å². The molecule has 0 unspecified atom stereocenters. The highest BCUT2D eigenvalue weighted by Crippen LogP contribution is 2.32. The summed E-state index contributed by atoms with van der Waals surface area (Å²) >= 11 is 4.43. The van der Waals surface area contributed by atoms with Crippen LogP contribution in [0.4, 0.5) is 11.6 Å². The third-order valence-corrected chi connectivity index (χ3v) is 3.78. The lowest BCUT2D eigenvalue weighted by Crippen LogP contribution is -2.06. The molecule has 7 nitrogen and oxygen atoms in total. The van der Waals surface area contributed by atoms with Gasteiger partial charge in [0.2, 0.25) is 5.95 Å². The first kappa shape index (κ1) is 15.6. The highest BCUT2D eigenvalue weighted by atomic mass is 79.9. The van der Waals surface area contributed by atoms with Crippen LogP contribution in [0.5, 0.6) is 0 Å². The summed E-state index contributed by atoms with van der Waals surface area (Å²) in [5.74, 6) is 0.377. The maximum absolute atomic E-state index is 11.1. The van der Waals surface area contributed by atoms with Gasteiger partial charge in [-0.15, -0.1) is 0 Å².